The molecule has 3 heterocycles. The maximum absolute atomic E-state index is 15.6. The summed E-state index contributed by atoms with van der Waals surface area (Å²) in [6, 6.07) is -1.34. The van der Waals surface area contributed by atoms with Crippen LogP contribution in [0.15, 0.2) is 11.6 Å². The highest BCUT2D eigenvalue weighted by molar-refractivity contribution is 5.80. The summed E-state index contributed by atoms with van der Waals surface area (Å²) in [5.74, 6) is -1.72. The van der Waals surface area contributed by atoms with Crippen LogP contribution in [0.5, 0.6) is 0 Å². The van der Waals surface area contributed by atoms with Crippen molar-refractivity contribution in [1.82, 2.24) is 5.32 Å². The number of unbranched alkanes of at least 4 members (excludes halogenated alkanes) is 2. The quantitative estimate of drug-likeness (QED) is 0.0491. The first kappa shape index (κ1) is 56.9. The monoisotopic (exact) mass is 1040 g/mol. The second-order valence-corrected chi connectivity index (χ2v) is 25.0. The van der Waals surface area contributed by atoms with Crippen LogP contribution in [0, 0.1) is 50.2 Å². The van der Waals surface area contributed by atoms with Crippen LogP contribution in [0.3, 0.4) is 0 Å². The molecule has 3 aliphatic heterocycles. The van der Waals surface area contributed by atoms with E-state index in [0.29, 0.717) is 51.5 Å². The van der Waals surface area contributed by atoms with Gasteiger partial charge in [0, 0.05) is 6.42 Å². The molecule has 8 rings (SSSR count). The van der Waals surface area contributed by atoms with Gasteiger partial charge in [0.15, 0.2) is 18.7 Å². The predicted molar refractivity (Wildman–Crippen MR) is 258 cm³/mol. The Bertz CT molecular complexity index is 2030. The van der Waals surface area contributed by atoms with Crippen LogP contribution in [-0.2, 0) is 42.8 Å². The van der Waals surface area contributed by atoms with Gasteiger partial charge < -0.3 is 90.2 Å². The van der Waals surface area contributed by atoms with Gasteiger partial charge in [-0.15, -0.1) is 0 Å². The Morgan fingerprint density at radius 2 is 1.48 bits per heavy atom. The third-order valence-electron chi connectivity index (χ3n) is 20.3. The fourth-order valence-electron chi connectivity index (χ4n) is 15.7. The van der Waals surface area contributed by atoms with Crippen molar-refractivity contribution < 1.29 is 88.8 Å². The summed E-state index contributed by atoms with van der Waals surface area (Å²) < 4.78 is 36.2. The van der Waals surface area contributed by atoms with Gasteiger partial charge in [-0.25, -0.2) is 0 Å². The normalized spacial score (nSPS) is 50.5. The van der Waals surface area contributed by atoms with E-state index >= 15 is 4.79 Å². The second-order valence-electron chi connectivity index (χ2n) is 25.0. The van der Waals surface area contributed by atoms with Gasteiger partial charge in [-0.2, -0.15) is 0 Å². The fourth-order valence-corrected chi connectivity index (χ4v) is 15.7. The number of carbonyl (C=O) groups excluding carboxylic acids is 3. The van der Waals surface area contributed by atoms with E-state index < -0.39 is 145 Å². The van der Waals surface area contributed by atoms with Crippen LogP contribution in [-0.4, -0.2) is 182 Å². The van der Waals surface area contributed by atoms with Gasteiger partial charge in [-0.3, -0.25) is 9.59 Å². The van der Waals surface area contributed by atoms with Gasteiger partial charge in [0.05, 0.1) is 43.0 Å². The average molecular weight is 1040 g/mol. The Labute approximate surface area is 428 Å². The standard InChI is InChI=1S/C53H86N2O18/c1-26-42(71-44-40(65)37(62)29(58)24-68-44)39(64)41(66)45(69-26)72-43-38(63)36(55-35(61)11-9-8-10-20-54)30(23-56)70-46(43)73-47(67)53-19-18-48(2,3)21-28(53)27-12-13-32-49(4)16-15-33(59)50(5,25-57)31(49)14-17-51(32,6)52(27,7)22-34(53)60/h12,25-26,28-34,36-46,56,58-60,62-66H,8-11,13-24,54H2,1-7H3,(H,55,61)/t26-,28-,29+,30+,31+,32+,33-,34+,36-,37-,38-,39-,40+,41+,42-,43+,44-,45-,46-,49-,50-,51+,52+,53+/m0/s1. The lowest BCUT2D eigenvalue weighted by Crippen LogP contribution is -2.69. The highest BCUT2D eigenvalue weighted by atomic mass is 16.8. The highest BCUT2D eigenvalue weighted by Gasteiger charge is 2.72. The molecule has 0 aromatic heterocycles. The number of allylic oxidation sites excluding steroid dienone is 2. The van der Waals surface area contributed by atoms with E-state index in [4.69, 9.17) is 34.2 Å². The van der Waals surface area contributed by atoms with Crippen molar-refractivity contribution in [2.75, 3.05) is 19.8 Å². The molecule has 0 radical (unpaired) electrons. The Morgan fingerprint density at radius 1 is 0.781 bits per heavy atom. The van der Waals surface area contributed by atoms with Gasteiger partial charge in [0.2, 0.25) is 12.2 Å². The van der Waals surface area contributed by atoms with E-state index in [9.17, 15) is 55.5 Å². The predicted octanol–water partition coefficient (Wildman–Crippen LogP) is 0.600. The minimum absolute atomic E-state index is 0.0375. The maximum atomic E-state index is 15.6. The van der Waals surface area contributed by atoms with E-state index in [1.807, 2.05) is 6.92 Å². The maximum Gasteiger partial charge on any atom is 0.317 e. The van der Waals surface area contributed by atoms with E-state index in [2.05, 4.69) is 46.0 Å². The number of aliphatic hydroxyl groups is 9. The third-order valence-corrected chi connectivity index (χ3v) is 20.3. The zero-order valence-electron chi connectivity index (χ0n) is 43.7. The van der Waals surface area contributed by atoms with Crippen molar-refractivity contribution in [3.63, 3.8) is 0 Å². The number of ether oxygens (including phenoxy) is 6. The summed E-state index contributed by atoms with van der Waals surface area (Å²) in [6.07, 6.45) is -12.8. The Hall–Kier alpha value is -2.25. The van der Waals surface area contributed by atoms with E-state index in [1.165, 1.54) is 6.92 Å². The molecule has 24 atom stereocenters. The lowest BCUT2D eigenvalue weighted by atomic mass is 9.33. The average Bonchev–Trinajstić information content (AvgIpc) is 3.33. The van der Waals surface area contributed by atoms with Gasteiger partial charge in [0.1, 0.15) is 60.5 Å². The number of nitrogens with two attached hydrogens (primary N) is 1. The first-order valence-corrected chi connectivity index (χ1v) is 26.9. The number of aldehydes is 1. The number of esters is 1. The molecule has 0 unspecified atom stereocenters. The Morgan fingerprint density at radius 3 is 2.16 bits per heavy atom. The lowest BCUT2D eigenvalue weighted by molar-refractivity contribution is -0.370. The molecule has 20 nitrogen and oxygen atoms in total. The molecule has 3 saturated heterocycles. The van der Waals surface area contributed by atoms with Crippen molar-refractivity contribution in [2.24, 2.45) is 56.0 Å². The molecule has 0 bridgehead atoms. The number of amides is 1. The van der Waals surface area contributed by atoms with Crippen LogP contribution in [0.1, 0.15) is 132 Å². The number of hydrogen-bond acceptors (Lipinski definition) is 19. The van der Waals surface area contributed by atoms with E-state index in [0.717, 1.165) is 31.1 Å². The second kappa shape index (κ2) is 21.2. The van der Waals surface area contributed by atoms with Crippen LogP contribution < -0.4 is 11.1 Å². The molecule has 4 saturated carbocycles. The lowest BCUT2D eigenvalue weighted by Gasteiger charge is -2.71. The topological polar surface area (TPSA) is 327 Å². The molecular weight excluding hydrogens is 953 g/mol. The number of fused-ring (bicyclic) bond motifs is 7. The molecular formula is C53H86N2O18. The SMILES string of the molecule is C[C@@H]1O[C@@H](O[C@H]2[C@H](OC(=O)[C@]34CCC(C)(C)C[C@H]3C3=CC[C@@H]5[C@@]6(C)CC[C@H](O)[C@@](C)(C=O)[C@@H]6CC[C@@]5(C)[C@]3(C)C[C@H]4O)O[C@H](CO)[C@H](NC(=O)CCCCCN)[C@@H]2O)[C@H](O)[C@H](O)[C@H]1O[C@@H]1OC[C@@H](O)[C@H](O)[C@H]1O. The first-order chi connectivity index (χ1) is 34.3. The van der Waals surface area contributed by atoms with Crippen LogP contribution in [0.4, 0.5) is 0 Å². The first-order valence-electron chi connectivity index (χ1n) is 26.9. The summed E-state index contributed by atoms with van der Waals surface area (Å²) in [5.41, 5.74) is 2.84. The summed E-state index contributed by atoms with van der Waals surface area (Å²) in [5, 5.41) is 104. The molecule has 73 heavy (non-hydrogen) atoms. The summed E-state index contributed by atoms with van der Waals surface area (Å²) >= 11 is 0. The van der Waals surface area contributed by atoms with Crippen molar-refractivity contribution >= 4 is 18.2 Å². The molecule has 8 aliphatic rings. The van der Waals surface area contributed by atoms with E-state index in [1.54, 1.807) is 0 Å². The smallest absolute Gasteiger partial charge is 0.317 e. The van der Waals surface area contributed by atoms with Crippen LogP contribution in [0.25, 0.3) is 0 Å². The molecule has 12 N–H and O–H groups in total. The molecule has 7 fully saturated rings. The van der Waals surface area contributed by atoms with Gasteiger partial charge in [0.25, 0.3) is 0 Å². The number of rotatable bonds is 14. The zero-order chi connectivity index (χ0) is 53.4. The Kier molecular flexibility index (Phi) is 16.5. The van der Waals surface area contributed by atoms with E-state index in [-0.39, 0.29) is 47.3 Å². The van der Waals surface area contributed by atoms with Crippen molar-refractivity contribution in [2.45, 2.75) is 230 Å². The Balaban J connectivity index is 1.10. The molecule has 0 spiro atoms. The fraction of sp³-hybridized carbons (Fsp3) is 0.906. The van der Waals surface area contributed by atoms with Crippen molar-refractivity contribution in [3.05, 3.63) is 11.6 Å². The summed E-state index contributed by atoms with van der Waals surface area (Å²) in [4.78, 5) is 41.7. The molecule has 20 heteroatoms. The summed E-state index contributed by atoms with van der Waals surface area (Å²) in [6.45, 7) is 13.8. The van der Waals surface area contributed by atoms with Gasteiger partial charge in [-0.1, -0.05) is 59.6 Å². The van der Waals surface area contributed by atoms with Gasteiger partial charge >= 0.3 is 5.97 Å². The molecule has 0 aromatic rings. The molecule has 0 aromatic carbocycles. The zero-order valence-corrected chi connectivity index (χ0v) is 43.7. The third kappa shape index (κ3) is 9.59. The largest absolute Gasteiger partial charge is 0.432 e. The summed E-state index contributed by atoms with van der Waals surface area (Å²) in [7, 11) is 0. The van der Waals surface area contributed by atoms with Crippen molar-refractivity contribution in [1.29, 1.82) is 0 Å². The minimum Gasteiger partial charge on any atom is -0.432 e. The molecule has 5 aliphatic carbocycles. The number of hydrogen-bond donors (Lipinski definition) is 11. The molecule has 416 valence electrons. The number of carbonyl (C=O) groups is 3. The number of nitrogens with one attached hydrogen (secondary N) is 1. The highest BCUT2D eigenvalue weighted by Crippen LogP contribution is 2.76. The van der Waals surface area contributed by atoms with Crippen LogP contribution >= 0.6 is 0 Å². The van der Waals surface area contributed by atoms with Crippen LogP contribution in [0.2, 0.25) is 0 Å². The number of aliphatic hydroxyl groups excluding tert-OH is 9. The molecule has 1 amide bonds. The van der Waals surface area contributed by atoms with Crippen molar-refractivity contribution in [3.8, 4) is 0 Å². The minimum atomic E-state index is -1.93. The van der Waals surface area contributed by atoms with Gasteiger partial charge in [-0.05, 0) is 124 Å².